The fourth-order valence-electron chi connectivity index (χ4n) is 5.60. The van der Waals surface area contributed by atoms with Crippen molar-refractivity contribution in [3.05, 3.63) is 12.4 Å². The Labute approximate surface area is 250 Å². The number of ether oxygens (including phenoxy) is 2. The van der Waals surface area contributed by atoms with Crippen molar-refractivity contribution in [2.45, 2.75) is 147 Å². The van der Waals surface area contributed by atoms with E-state index in [1.165, 1.54) is 101 Å². The van der Waals surface area contributed by atoms with Crippen LogP contribution in [0.4, 0.5) is 10.2 Å². The molecule has 1 aliphatic rings. The molecule has 0 aliphatic carbocycles. The van der Waals surface area contributed by atoms with Gasteiger partial charge < -0.3 is 20.3 Å². The highest BCUT2D eigenvalue weighted by Crippen LogP contribution is 2.38. The Morgan fingerprint density at radius 1 is 1.05 bits per heavy atom. The van der Waals surface area contributed by atoms with Gasteiger partial charge in [-0.05, 0) is 6.42 Å². The molecule has 9 nitrogen and oxygen atoms in total. The zero-order valence-corrected chi connectivity index (χ0v) is 25.4. The normalized spacial score (nSPS) is 20.2. The molecule has 10 heteroatoms. The van der Waals surface area contributed by atoms with E-state index in [1.807, 2.05) is 0 Å². The number of carbonyl (C=O) groups excluding carboxylic acids is 1. The van der Waals surface area contributed by atoms with Crippen LogP contribution in [-0.4, -0.2) is 48.9 Å². The molecule has 0 spiro atoms. The van der Waals surface area contributed by atoms with Gasteiger partial charge in [-0.25, -0.2) is 4.98 Å². The molecule has 2 aromatic rings. The topological polar surface area (TPSA) is 125 Å². The van der Waals surface area contributed by atoms with Gasteiger partial charge in [0.05, 0.1) is 6.33 Å². The third-order valence-electron chi connectivity index (χ3n) is 8.22. The van der Waals surface area contributed by atoms with Crippen molar-refractivity contribution < 1.29 is 23.8 Å². The van der Waals surface area contributed by atoms with Crippen LogP contribution in [0.25, 0.3) is 11.2 Å². The molecule has 1 aliphatic heterocycles. The largest absolute Gasteiger partial charge is 0.461 e. The molecule has 1 saturated heterocycles. The maximum Gasteiger partial charge on any atom is 0.312 e. The lowest BCUT2D eigenvalue weighted by Crippen LogP contribution is -2.43. The molecular weight excluding hydrogens is 537 g/mol. The lowest BCUT2D eigenvalue weighted by molar-refractivity contribution is -0.156. The molecule has 0 radical (unpaired) electrons. The van der Waals surface area contributed by atoms with Crippen molar-refractivity contribution in [2.75, 3.05) is 12.3 Å². The zero-order chi connectivity index (χ0) is 30.2. The minimum atomic E-state index is -1.53. The van der Waals surface area contributed by atoms with Gasteiger partial charge in [-0.3, -0.25) is 9.36 Å². The minimum absolute atomic E-state index is 0.0813. The number of aromatic nitrogens is 4. The quantitative estimate of drug-likeness (QED) is 0.0708. The van der Waals surface area contributed by atoms with Crippen LogP contribution in [0, 0.1) is 18.4 Å². The summed E-state index contributed by atoms with van der Waals surface area (Å²) in [6.07, 6.45) is 26.3. The lowest BCUT2D eigenvalue weighted by atomic mass is 9.99. The number of rotatable bonds is 21. The molecular formula is C32H50FN5O4. The molecule has 0 unspecified atom stereocenters. The summed E-state index contributed by atoms with van der Waals surface area (Å²) < 4.78 is 26.6. The average Bonchev–Trinajstić information content (AvgIpc) is 3.54. The maximum atomic E-state index is 13.7. The highest BCUT2D eigenvalue weighted by atomic mass is 19.1. The zero-order valence-electron chi connectivity index (χ0n) is 25.4. The second kappa shape index (κ2) is 18.0. The van der Waals surface area contributed by atoms with Gasteiger partial charge in [-0.1, -0.05) is 116 Å². The number of unbranched alkanes of at least 4 members (excludes halogenated alkanes) is 16. The molecule has 1 fully saturated rings. The van der Waals surface area contributed by atoms with E-state index in [1.54, 1.807) is 0 Å². The number of nitrogens with two attached hydrogens (primary N) is 1. The van der Waals surface area contributed by atoms with Crippen LogP contribution in [0.15, 0.2) is 6.33 Å². The van der Waals surface area contributed by atoms with Crippen molar-refractivity contribution in [1.29, 1.82) is 0 Å². The molecule has 0 bridgehead atoms. The Morgan fingerprint density at radius 2 is 1.60 bits per heavy atom. The first kappa shape index (κ1) is 33.7. The van der Waals surface area contributed by atoms with Crippen molar-refractivity contribution in [3.63, 3.8) is 0 Å². The van der Waals surface area contributed by atoms with Gasteiger partial charge >= 0.3 is 12.0 Å². The predicted octanol–water partition coefficient (Wildman–Crippen LogP) is 6.78. The minimum Gasteiger partial charge on any atom is -0.461 e. The van der Waals surface area contributed by atoms with Crippen LogP contribution < -0.4 is 5.73 Å². The summed E-state index contributed by atoms with van der Waals surface area (Å²) in [7, 11) is 0. The van der Waals surface area contributed by atoms with Gasteiger partial charge in [-0.15, -0.1) is 6.42 Å². The number of anilines is 1. The molecule has 3 heterocycles. The summed E-state index contributed by atoms with van der Waals surface area (Å²) in [5, 5.41) is 10.7. The summed E-state index contributed by atoms with van der Waals surface area (Å²) in [5.74, 6) is 1.98. The number of esters is 1. The first-order valence-corrected chi connectivity index (χ1v) is 16.0. The summed E-state index contributed by atoms with van der Waals surface area (Å²) in [5.41, 5.74) is 4.55. The molecule has 0 amide bonds. The molecule has 3 rings (SSSR count). The number of hydrogen-bond acceptors (Lipinski definition) is 8. The number of halogens is 1. The van der Waals surface area contributed by atoms with Gasteiger partial charge in [0, 0.05) is 12.8 Å². The number of nitrogens with zero attached hydrogens (tertiary/aromatic N) is 4. The molecule has 0 aromatic carbocycles. The Hall–Kier alpha value is -2.77. The number of hydrogen-bond donors (Lipinski definition) is 2. The summed E-state index contributed by atoms with van der Waals surface area (Å²) in [6.45, 7) is 1.98. The number of nitrogen functional groups attached to an aromatic ring is 1. The molecule has 234 valence electrons. The number of aliphatic hydroxyl groups is 1. The van der Waals surface area contributed by atoms with E-state index in [9.17, 15) is 14.3 Å². The number of imidazole rings is 1. The molecule has 3 N–H and O–H groups in total. The highest BCUT2D eigenvalue weighted by Gasteiger charge is 2.49. The van der Waals surface area contributed by atoms with Gasteiger partial charge in [0.1, 0.15) is 18.9 Å². The van der Waals surface area contributed by atoms with Crippen molar-refractivity contribution in [2.24, 2.45) is 0 Å². The standard InChI is InChI=1S/C32H50FN5O4/c1-3-5-6-7-8-9-10-11-12-13-14-15-16-17-18-19-20-21-27(40)41-23-32(4-2)25(39)22-26(42-32)38-24-35-28-29(34)36-31(33)37-30(28)38/h2,24-26,39H,3,5-23H2,1H3,(H2,34,36,37)/t25-,26+,32+/m0/s1. The summed E-state index contributed by atoms with van der Waals surface area (Å²) >= 11 is 0. The Balaban J connectivity index is 1.23. The van der Waals surface area contributed by atoms with Crippen LogP contribution in [0.1, 0.15) is 135 Å². The second-order valence-electron chi connectivity index (χ2n) is 11.6. The van der Waals surface area contributed by atoms with Crippen LogP contribution in [0.3, 0.4) is 0 Å². The first-order valence-electron chi connectivity index (χ1n) is 16.0. The van der Waals surface area contributed by atoms with Gasteiger partial charge in [0.2, 0.25) is 0 Å². The van der Waals surface area contributed by atoms with Crippen LogP contribution in [-0.2, 0) is 14.3 Å². The SMILES string of the molecule is C#C[C@]1(COC(=O)CCCCCCCCCCCCCCCCCCC)O[C@@H](n2cnc3c(N)nc(F)nc32)C[C@@H]1O. The van der Waals surface area contributed by atoms with E-state index >= 15 is 0 Å². The Kier molecular flexibility index (Phi) is 14.5. The molecule has 0 saturated carbocycles. The molecule has 2 aromatic heterocycles. The average molecular weight is 588 g/mol. The monoisotopic (exact) mass is 587 g/mol. The van der Waals surface area contributed by atoms with Crippen LogP contribution in [0.5, 0.6) is 0 Å². The third-order valence-corrected chi connectivity index (χ3v) is 8.22. The van der Waals surface area contributed by atoms with Gasteiger partial charge in [-0.2, -0.15) is 14.4 Å². The fraction of sp³-hybridized carbons (Fsp3) is 0.750. The van der Waals surface area contributed by atoms with Gasteiger partial charge in [0.25, 0.3) is 0 Å². The van der Waals surface area contributed by atoms with E-state index in [4.69, 9.17) is 21.6 Å². The molecule has 3 atom stereocenters. The van der Waals surface area contributed by atoms with E-state index in [0.29, 0.717) is 6.42 Å². The Bertz CT molecular complexity index is 1140. The first-order chi connectivity index (χ1) is 20.4. The highest BCUT2D eigenvalue weighted by molar-refractivity contribution is 5.81. The van der Waals surface area contributed by atoms with Crippen LogP contribution >= 0.6 is 0 Å². The van der Waals surface area contributed by atoms with E-state index in [-0.39, 0.29) is 36.0 Å². The third kappa shape index (κ3) is 10.2. The fourth-order valence-corrected chi connectivity index (χ4v) is 5.60. The van der Waals surface area contributed by atoms with E-state index in [0.717, 1.165) is 19.3 Å². The van der Waals surface area contributed by atoms with Crippen LogP contribution in [0.2, 0.25) is 0 Å². The number of carbonyl (C=O) groups is 1. The van der Waals surface area contributed by atoms with E-state index in [2.05, 4.69) is 27.8 Å². The van der Waals surface area contributed by atoms with Crippen molar-refractivity contribution >= 4 is 23.0 Å². The molecule has 42 heavy (non-hydrogen) atoms. The van der Waals surface area contributed by atoms with Crippen molar-refractivity contribution in [3.8, 4) is 12.3 Å². The van der Waals surface area contributed by atoms with Gasteiger partial charge in [0.15, 0.2) is 22.6 Å². The smallest absolute Gasteiger partial charge is 0.312 e. The predicted molar refractivity (Wildman–Crippen MR) is 162 cm³/mol. The Morgan fingerprint density at radius 3 is 2.14 bits per heavy atom. The maximum absolute atomic E-state index is 13.7. The second-order valence-corrected chi connectivity index (χ2v) is 11.6. The van der Waals surface area contributed by atoms with Crippen molar-refractivity contribution in [1.82, 2.24) is 19.5 Å². The van der Waals surface area contributed by atoms with E-state index < -0.39 is 24.0 Å². The number of aliphatic hydroxyl groups excluding tert-OH is 1. The number of fused-ring (bicyclic) bond motifs is 1. The number of terminal acetylenes is 1. The summed E-state index contributed by atoms with van der Waals surface area (Å²) in [4.78, 5) is 23.7. The lowest BCUT2D eigenvalue weighted by Gasteiger charge is -2.26. The summed E-state index contributed by atoms with van der Waals surface area (Å²) in [6, 6.07) is 0.